The second kappa shape index (κ2) is 8.54. The molecule has 0 unspecified atom stereocenters. The lowest BCUT2D eigenvalue weighted by atomic mass is 9.99. The summed E-state index contributed by atoms with van der Waals surface area (Å²) >= 11 is 0. The van der Waals surface area contributed by atoms with Crippen molar-refractivity contribution in [3.05, 3.63) is 29.8 Å². The predicted octanol–water partition coefficient (Wildman–Crippen LogP) is 0.463. The molecule has 1 aliphatic heterocycles. The van der Waals surface area contributed by atoms with Gasteiger partial charge >= 0.3 is 0 Å². The predicted molar refractivity (Wildman–Crippen MR) is 87.6 cm³/mol. The number of hydrogen-bond acceptors (Lipinski definition) is 8. The normalized spacial score (nSPS) is 30.4. The molecule has 1 fully saturated rings. The first kappa shape index (κ1) is 20.2. The molecule has 2 rings (SSSR count). The van der Waals surface area contributed by atoms with Crippen molar-refractivity contribution in [3.8, 4) is 0 Å². The fourth-order valence-electron chi connectivity index (χ4n) is 2.67. The van der Waals surface area contributed by atoms with E-state index in [1.807, 2.05) is 6.92 Å². The van der Waals surface area contributed by atoms with Gasteiger partial charge in [0.25, 0.3) is 10.1 Å². The van der Waals surface area contributed by atoms with E-state index in [1.54, 1.807) is 12.1 Å². The first-order valence-electron chi connectivity index (χ1n) is 7.72. The highest BCUT2D eigenvalue weighted by molar-refractivity contribution is 7.86. The van der Waals surface area contributed by atoms with E-state index in [9.17, 15) is 13.5 Å². The van der Waals surface area contributed by atoms with Gasteiger partial charge < -0.3 is 24.1 Å². The highest BCUT2D eigenvalue weighted by atomic mass is 32.2. The summed E-state index contributed by atoms with van der Waals surface area (Å²) in [6, 6.07) is 6.26. The molecule has 1 saturated heterocycles. The topological polar surface area (TPSA) is 101 Å². The largest absolute Gasteiger partial charge is 0.387 e. The van der Waals surface area contributed by atoms with Crippen molar-refractivity contribution in [2.75, 3.05) is 27.9 Å². The first-order chi connectivity index (χ1) is 11.8. The van der Waals surface area contributed by atoms with Crippen LogP contribution in [0.15, 0.2) is 29.2 Å². The molecular formula is C16H24O8S. The summed E-state index contributed by atoms with van der Waals surface area (Å²) in [4.78, 5) is 0.0322. The van der Waals surface area contributed by atoms with E-state index in [2.05, 4.69) is 0 Å². The SMILES string of the molecule is CO[C@H]1O[C@H](COS(=O)(=O)c2ccc(C)cc2)[C@@H](O)[C@H](OC)[C@H]1OC. The van der Waals surface area contributed by atoms with E-state index >= 15 is 0 Å². The first-order valence-corrected chi connectivity index (χ1v) is 9.13. The maximum atomic E-state index is 12.3. The quantitative estimate of drug-likeness (QED) is 0.685. The minimum absolute atomic E-state index is 0.0322. The smallest absolute Gasteiger partial charge is 0.297 e. The molecule has 5 atom stereocenters. The average molecular weight is 376 g/mol. The molecule has 142 valence electrons. The Hall–Kier alpha value is -1.07. The summed E-state index contributed by atoms with van der Waals surface area (Å²) < 4.78 is 50.9. The van der Waals surface area contributed by atoms with Crippen LogP contribution in [0.5, 0.6) is 0 Å². The third-order valence-corrected chi connectivity index (χ3v) is 5.39. The Kier molecular flexibility index (Phi) is 6.92. The third kappa shape index (κ3) is 4.56. The summed E-state index contributed by atoms with van der Waals surface area (Å²) in [6.07, 6.45) is -4.33. The lowest BCUT2D eigenvalue weighted by Crippen LogP contribution is -2.60. The van der Waals surface area contributed by atoms with E-state index in [1.165, 1.54) is 33.5 Å². The molecule has 8 nitrogen and oxygen atoms in total. The van der Waals surface area contributed by atoms with Gasteiger partial charge in [0.15, 0.2) is 6.29 Å². The molecule has 1 aliphatic rings. The molecule has 0 saturated carbocycles. The highest BCUT2D eigenvalue weighted by Gasteiger charge is 2.46. The monoisotopic (exact) mass is 376 g/mol. The Labute approximate surface area is 147 Å². The Morgan fingerprint density at radius 1 is 1.04 bits per heavy atom. The molecule has 25 heavy (non-hydrogen) atoms. The second-order valence-electron chi connectivity index (χ2n) is 5.72. The average Bonchev–Trinajstić information content (AvgIpc) is 2.60. The van der Waals surface area contributed by atoms with Gasteiger partial charge in [-0.25, -0.2) is 0 Å². The minimum atomic E-state index is -3.97. The van der Waals surface area contributed by atoms with E-state index in [0.717, 1.165) is 5.56 Å². The van der Waals surface area contributed by atoms with Crippen LogP contribution in [-0.2, 0) is 33.2 Å². The molecule has 1 heterocycles. The number of rotatable bonds is 7. The lowest BCUT2D eigenvalue weighted by molar-refractivity contribution is -0.301. The van der Waals surface area contributed by atoms with Gasteiger partial charge in [-0.05, 0) is 19.1 Å². The number of aliphatic hydroxyl groups excluding tert-OH is 1. The maximum Gasteiger partial charge on any atom is 0.297 e. The van der Waals surface area contributed by atoms with Crippen LogP contribution in [0.3, 0.4) is 0 Å². The zero-order valence-corrected chi connectivity index (χ0v) is 15.4. The Bertz CT molecular complexity index is 645. The fourth-order valence-corrected chi connectivity index (χ4v) is 3.59. The van der Waals surface area contributed by atoms with Gasteiger partial charge in [0, 0.05) is 21.3 Å². The summed E-state index contributed by atoms with van der Waals surface area (Å²) in [5.74, 6) is 0. The molecule has 0 aromatic heterocycles. The van der Waals surface area contributed by atoms with Gasteiger partial charge in [-0.3, -0.25) is 4.18 Å². The maximum absolute atomic E-state index is 12.3. The van der Waals surface area contributed by atoms with E-state index in [-0.39, 0.29) is 11.5 Å². The molecule has 0 aliphatic carbocycles. The Balaban J connectivity index is 2.09. The van der Waals surface area contributed by atoms with E-state index in [4.69, 9.17) is 23.1 Å². The van der Waals surface area contributed by atoms with Gasteiger partial charge in [0.05, 0.1) is 11.5 Å². The van der Waals surface area contributed by atoms with E-state index < -0.39 is 40.8 Å². The molecular weight excluding hydrogens is 352 g/mol. The van der Waals surface area contributed by atoms with Crippen molar-refractivity contribution in [3.63, 3.8) is 0 Å². The van der Waals surface area contributed by atoms with Crippen LogP contribution in [0, 0.1) is 6.92 Å². The van der Waals surface area contributed by atoms with Crippen molar-refractivity contribution in [2.45, 2.75) is 42.5 Å². The molecule has 0 bridgehead atoms. The number of aryl methyl sites for hydroxylation is 1. The van der Waals surface area contributed by atoms with Crippen molar-refractivity contribution in [1.29, 1.82) is 0 Å². The third-order valence-electron chi connectivity index (χ3n) is 4.09. The second-order valence-corrected chi connectivity index (χ2v) is 7.34. The number of ether oxygens (including phenoxy) is 4. The van der Waals surface area contributed by atoms with Gasteiger partial charge in [-0.1, -0.05) is 17.7 Å². The summed E-state index contributed by atoms with van der Waals surface area (Å²) in [5, 5.41) is 10.4. The van der Waals surface area contributed by atoms with Gasteiger partial charge in [-0.15, -0.1) is 0 Å². The standard InChI is InChI=1S/C16H24O8S/c1-10-5-7-11(8-6-10)25(18,19)23-9-12-13(17)14(20-2)15(21-3)16(22-4)24-12/h5-8,12-17H,9H2,1-4H3/t12-,13-,14+,15-,16+/m1/s1. The van der Waals surface area contributed by atoms with Crippen LogP contribution < -0.4 is 0 Å². The molecule has 1 N–H and O–H groups in total. The molecule has 0 spiro atoms. The van der Waals surface area contributed by atoms with Crippen LogP contribution in [-0.4, -0.2) is 72.2 Å². The Morgan fingerprint density at radius 2 is 1.64 bits per heavy atom. The number of benzene rings is 1. The molecule has 1 aromatic carbocycles. The minimum Gasteiger partial charge on any atom is -0.387 e. The molecule has 9 heteroatoms. The number of hydrogen-bond donors (Lipinski definition) is 1. The van der Waals surface area contributed by atoms with Crippen LogP contribution in [0.2, 0.25) is 0 Å². The van der Waals surface area contributed by atoms with Crippen LogP contribution >= 0.6 is 0 Å². The van der Waals surface area contributed by atoms with Crippen LogP contribution in [0.4, 0.5) is 0 Å². The van der Waals surface area contributed by atoms with Crippen molar-refractivity contribution in [2.24, 2.45) is 0 Å². The van der Waals surface area contributed by atoms with Gasteiger partial charge in [-0.2, -0.15) is 8.42 Å². The van der Waals surface area contributed by atoms with E-state index in [0.29, 0.717) is 0 Å². The zero-order valence-electron chi connectivity index (χ0n) is 14.6. The van der Waals surface area contributed by atoms with Crippen LogP contribution in [0.25, 0.3) is 0 Å². The summed E-state index contributed by atoms with van der Waals surface area (Å²) in [6.45, 7) is 1.47. The molecule has 0 radical (unpaired) electrons. The number of methoxy groups -OCH3 is 3. The molecule has 0 amide bonds. The summed E-state index contributed by atoms with van der Waals surface area (Å²) in [7, 11) is 0.305. The van der Waals surface area contributed by atoms with Crippen molar-refractivity contribution < 1.29 is 36.7 Å². The number of aliphatic hydroxyl groups is 1. The van der Waals surface area contributed by atoms with Crippen molar-refractivity contribution in [1.82, 2.24) is 0 Å². The lowest BCUT2D eigenvalue weighted by Gasteiger charge is -2.42. The van der Waals surface area contributed by atoms with Crippen LogP contribution in [0.1, 0.15) is 5.56 Å². The zero-order chi connectivity index (χ0) is 18.6. The highest BCUT2D eigenvalue weighted by Crippen LogP contribution is 2.26. The fraction of sp³-hybridized carbons (Fsp3) is 0.625. The van der Waals surface area contributed by atoms with Gasteiger partial charge in [0.2, 0.25) is 0 Å². The molecule has 1 aromatic rings. The van der Waals surface area contributed by atoms with Gasteiger partial charge in [0.1, 0.15) is 24.4 Å². The van der Waals surface area contributed by atoms with Crippen molar-refractivity contribution >= 4 is 10.1 Å². The Morgan fingerprint density at radius 3 is 2.16 bits per heavy atom. The summed E-state index contributed by atoms with van der Waals surface area (Å²) in [5.41, 5.74) is 0.932.